The first kappa shape index (κ1) is 20.5. The summed E-state index contributed by atoms with van der Waals surface area (Å²) in [6.45, 7) is 2.03. The number of halogens is 2. The molecule has 3 heterocycles. The Kier molecular flexibility index (Phi) is 5.55. The molecule has 9 heteroatoms. The zero-order valence-electron chi connectivity index (χ0n) is 17.4. The molecule has 5 rings (SSSR count). The molecule has 0 spiro atoms. The molecule has 0 unspecified atom stereocenters. The van der Waals surface area contributed by atoms with Gasteiger partial charge in [-0.3, -0.25) is 0 Å². The van der Waals surface area contributed by atoms with Crippen LogP contribution in [0.2, 0.25) is 5.02 Å². The predicted molar refractivity (Wildman–Crippen MR) is 121 cm³/mol. The maximum Gasteiger partial charge on any atom is 0.318 e. The summed E-state index contributed by atoms with van der Waals surface area (Å²) >= 11 is 6.64. The van der Waals surface area contributed by atoms with E-state index in [1.54, 1.807) is 12.3 Å². The van der Waals surface area contributed by atoms with Crippen LogP contribution in [0.4, 0.5) is 10.2 Å². The molecule has 0 fully saturated rings. The number of hydrogen-bond donors (Lipinski definition) is 2. The number of methoxy groups -OCH3 is 1. The third-order valence-corrected chi connectivity index (χ3v) is 5.61. The molecule has 0 aliphatic carbocycles. The van der Waals surface area contributed by atoms with E-state index in [0.29, 0.717) is 48.8 Å². The summed E-state index contributed by atoms with van der Waals surface area (Å²) < 4.78 is 26.7. The van der Waals surface area contributed by atoms with Gasteiger partial charge in [0.15, 0.2) is 0 Å². The van der Waals surface area contributed by atoms with Crippen LogP contribution >= 0.6 is 11.6 Å². The van der Waals surface area contributed by atoms with Crippen molar-refractivity contribution in [2.45, 2.75) is 13.1 Å². The van der Waals surface area contributed by atoms with Crippen molar-refractivity contribution < 1.29 is 13.9 Å². The molecule has 1 aliphatic rings. The summed E-state index contributed by atoms with van der Waals surface area (Å²) in [5.74, 6) is 1.08. The van der Waals surface area contributed by atoms with Gasteiger partial charge in [-0.2, -0.15) is 4.98 Å². The highest BCUT2D eigenvalue weighted by atomic mass is 35.5. The van der Waals surface area contributed by atoms with Crippen molar-refractivity contribution in [2.24, 2.45) is 0 Å². The van der Waals surface area contributed by atoms with Crippen LogP contribution in [0.5, 0.6) is 11.8 Å². The summed E-state index contributed by atoms with van der Waals surface area (Å²) in [6.07, 6.45) is 3.65. The fraction of sp³-hybridized carbons (Fsp3) is 0.217. The highest BCUT2D eigenvalue weighted by Crippen LogP contribution is 2.34. The summed E-state index contributed by atoms with van der Waals surface area (Å²) in [5.41, 5.74) is 3.63. The number of benzene rings is 2. The smallest absolute Gasteiger partial charge is 0.318 e. The van der Waals surface area contributed by atoms with Crippen LogP contribution in [0.15, 0.2) is 48.8 Å². The topological polar surface area (TPSA) is 73.2 Å². The number of rotatable bonds is 2. The molecule has 0 amide bonds. The molecular weight excluding hydrogens is 433 g/mol. The van der Waals surface area contributed by atoms with Gasteiger partial charge in [-0.1, -0.05) is 11.6 Å². The van der Waals surface area contributed by atoms with Crippen molar-refractivity contribution in [1.29, 1.82) is 0 Å². The highest BCUT2D eigenvalue weighted by Gasteiger charge is 2.16. The Balaban J connectivity index is 1.49. The Hall–Kier alpha value is -3.36. The summed E-state index contributed by atoms with van der Waals surface area (Å²) in [5, 5.41) is 8.03. The second-order valence-electron chi connectivity index (χ2n) is 7.41. The van der Waals surface area contributed by atoms with Gasteiger partial charge in [-0.25, -0.2) is 9.37 Å². The first-order chi connectivity index (χ1) is 15.6. The number of ether oxygens (including phenoxy) is 2. The Morgan fingerprint density at radius 2 is 2.03 bits per heavy atom. The fourth-order valence-corrected chi connectivity index (χ4v) is 4.12. The monoisotopic (exact) mass is 453 g/mol. The van der Waals surface area contributed by atoms with E-state index in [9.17, 15) is 4.39 Å². The third kappa shape index (κ3) is 3.94. The zero-order valence-corrected chi connectivity index (χ0v) is 18.1. The number of fused-ring (bicyclic) bond motifs is 3. The molecule has 0 saturated carbocycles. The second kappa shape index (κ2) is 8.64. The average molecular weight is 454 g/mol. The normalized spacial score (nSPS) is 14.0. The van der Waals surface area contributed by atoms with E-state index in [1.165, 1.54) is 19.2 Å². The average Bonchev–Trinajstić information content (AvgIpc) is 3.19. The largest absolute Gasteiger partial charge is 0.490 e. The van der Waals surface area contributed by atoms with E-state index >= 15 is 0 Å². The van der Waals surface area contributed by atoms with Gasteiger partial charge in [0.2, 0.25) is 0 Å². The summed E-state index contributed by atoms with van der Waals surface area (Å²) in [6, 6.07) is 10.8. The van der Waals surface area contributed by atoms with Gasteiger partial charge in [0.25, 0.3) is 0 Å². The lowest BCUT2D eigenvalue weighted by Crippen LogP contribution is -2.16. The van der Waals surface area contributed by atoms with Gasteiger partial charge in [-0.15, -0.1) is 0 Å². The Morgan fingerprint density at radius 3 is 2.91 bits per heavy atom. The molecule has 164 valence electrons. The lowest BCUT2D eigenvalue weighted by molar-refractivity contribution is 0.328. The van der Waals surface area contributed by atoms with E-state index < -0.39 is 0 Å². The first-order valence-corrected chi connectivity index (χ1v) is 10.6. The standard InChI is InChI=1S/C23H21ClFN5O2/c1-31-23-28-13-16-12-26-11-15-9-18(30-6-4-14-8-17(25)2-3-20(14)30)10-19(24)21(15)32-7-5-27-22(16)29-23/h2-4,6,8-10,13,26H,5,7,11-12H2,1H3,(H,27,28,29). The Labute approximate surface area is 189 Å². The maximum absolute atomic E-state index is 13.6. The van der Waals surface area contributed by atoms with Gasteiger partial charge in [0.1, 0.15) is 24.0 Å². The molecule has 32 heavy (non-hydrogen) atoms. The van der Waals surface area contributed by atoms with E-state index in [4.69, 9.17) is 21.1 Å². The molecule has 0 saturated heterocycles. The van der Waals surface area contributed by atoms with Crippen LogP contribution in [-0.2, 0) is 13.1 Å². The molecule has 1 aliphatic heterocycles. The minimum Gasteiger partial charge on any atom is -0.490 e. The minimum atomic E-state index is -0.261. The lowest BCUT2D eigenvalue weighted by Gasteiger charge is -2.16. The van der Waals surface area contributed by atoms with Crippen molar-refractivity contribution in [3.05, 3.63) is 70.8 Å². The lowest BCUT2D eigenvalue weighted by atomic mass is 10.1. The Morgan fingerprint density at radius 1 is 1.16 bits per heavy atom. The van der Waals surface area contributed by atoms with Crippen molar-refractivity contribution in [3.8, 4) is 17.4 Å². The van der Waals surface area contributed by atoms with Gasteiger partial charge < -0.3 is 24.7 Å². The van der Waals surface area contributed by atoms with Gasteiger partial charge >= 0.3 is 6.01 Å². The van der Waals surface area contributed by atoms with Crippen molar-refractivity contribution in [2.75, 3.05) is 25.6 Å². The molecule has 0 atom stereocenters. The van der Waals surface area contributed by atoms with Gasteiger partial charge in [-0.05, 0) is 36.4 Å². The number of nitrogens with zero attached hydrogens (tertiary/aromatic N) is 3. The molecule has 7 nitrogen and oxygen atoms in total. The van der Waals surface area contributed by atoms with Crippen LogP contribution in [0.25, 0.3) is 16.6 Å². The number of anilines is 1. The SMILES string of the molecule is COc1ncc2c(n1)NCCOc1c(Cl)cc(-n3ccc4cc(F)ccc43)cc1CNC2. The van der Waals surface area contributed by atoms with Gasteiger partial charge in [0.05, 0.1) is 24.2 Å². The number of aromatic nitrogens is 3. The first-order valence-electron chi connectivity index (χ1n) is 10.2. The maximum atomic E-state index is 13.6. The zero-order chi connectivity index (χ0) is 22.1. The predicted octanol–water partition coefficient (Wildman–Crippen LogP) is 4.32. The molecular formula is C23H21ClFN5O2. The van der Waals surface area contributed by atoms with E-state index in [0.717, 1.165) is 27.7 Å². The van der Waals surface area contributed by atoms with Crippen LogP contribution in [-0.4, -0.2) is 34.8 Å². The summed E-state index contributed by atoms with van der Waals surface area (Å²) in [4.78, 5) is 8.60. The van der Waals surface area contributed by atoms with Gasteiger partial charge in [0, 0.05) is 47.7 Å². The molecule has 2 aromatic carbocycles. The quantitative estimate of drug-likeness (QED) is 0.471. The third-order valence-electron chi connectivity index (χ3n) is 5.33. The van der Waals surface area contributed by atoms with E-state index in [1.807, 2.05) is 29.0 Å². The van der Waals surface area contributed by atoms with Crippen LogP contribution in [0, 0.1) is 5.82 Å². The molecule has 0 bridgehead atoms. The van der Waals surface area contributed by atoms with Crippen molar-refractivity contribution in [3.63, 3.8) is 0 Å². The van der Waals surface area contributed by atoms with E-state index in [-0.39, 0.29) is 5.82 Å². The summed E-state index contributed by atoms with van der Waals surface area (Å²) in [7, 11) is 1.54. The molecule has 0 radical (unpaired) electrons. The van der Waals surface area contributed by atoms with Crippen LogP contribution in [0.1, 0.15) is 11.1 Å². The van der Waals surface area contributed by atoms with Crippen LogP contribution in [0.3, 0.4) is 0 Å². The number of hydrogen-bond acceptors (Lipinski definition) is 6. The van der Waals surface area contributed by atoms with Crippen molar-refractivity contribution >= 4 is 28.3 Å². The molecule has 4 aromatic rings. The molecule has 2 aromatic heterocycles. The second-order valence-corrected chi connectivity index (χ2v) is 7.82. The van der Waals surface area contributed by atoms with Crippen LogP contribution < -0.4 is 20.1 Å². The molecule has 2 N–H and O–H groups in total. The number of nitrogens with one attached hydrogen (secondary N) is 2. The van der Waals surface area contributed by atoms with Crippen molar-refractivity contribution in [1.82, 2.24) is 19.9 Å². The highest BCUT2D eigenvalue weighted by molar-refractivity contribution is 6.32. The fourth-order valence-electron chi connectivity index (χ4n) is 3.83. The Bertz CT molecular complexity index is 1290. The minimum absolute atomic E-state index is 0.261. The van der Waals surface area contributed by atoms with E-state index in [2.05, 4.69) is 20.6 Å².